The molecule has 4 heteroatoms. The molecule has 0 saturated heterocycles. The number of carboxylic acids is 1. The highest BCUT2D eigenvalue weighted by Crippen LogP contribution is 2.72. The van der Waals surface area contributed by atoms with Gasteiger partial charge in [-0.1, -0.05) is 52.7 Å². The summed E-state index contributed by atoms with van der Waals surface area (Å²) in [5.41, 5.74) is 3.66. The number of aliphatic carboxylic acids is 1. The average Bonchev–Trinajstić information content (AvgIpc) is 2.95. The largest absolute Gasteiger partial charge is 0.481 e. The van der Waals surface area contributed by atoms with Crippen LogP contribution in [-0.2, 0) is 14.3 Å². The lowest BCUT2D eigenvalue weighted by Gasteiger charge is -2.62. The fourth-order valence-electron chi connectivity index (χ4n) is 9.09. The van der Waals surface area contributed by atoms with Gasteiger partial charge in [-0.25, -0.2) is 0 Å². The first-order valence-electron chi connectivity index (χ1n) is 12.4. The molecule has 2 fully saturated rings. The Morgan fingerprint density at radius 3 is 2.26 bits per heavy atom. The van der Waals surface area contributed by atoms with Crippen molar-refractivity contribution in [3.8, 4) is 0 Å². The third-order valence-electron chi connectivity index (χ3n) is 11.1. The Balaban J connectivity index is 1.72. The topological polar surface area (TPSA) is 63.6 Å². The van der Waals surface area contributed by atoms with Crippen molar-refractivity contribution in [1.29, 1.82) is 0 Å². The van der Waals surface area contributed by atoms with Crippen LogP contribution in [0, 0.1) is 39.4 Å². The van der Waals surface area contributed by atoms with Crippen LogP contribution < -0.4 is 0 Å². The summed E-state index contributed by atoms with van der Waals surface area (Å²) in [5.74, 6) is -0.316. The van der Waals surface area contributed by atoms with Crippen molar-refractivity contribution in [2.75, 3.05) is 0 Å². The Hall–Kier alpha value is -1.32. The molecule has 0 heterocycles. The zero-order valence-corrected chi connectivity index (χ0v) is 20.6. The molecule has 0 spiro atoms. The molecular formula is C27H42O4. The molecule has 2 saturated carbocycles. The summed E-state index contributed by atoms with van der Waals surface area (Å²) in [4.78, 5) is 23.6. The van der Waals surface area contributed by atoms with Gasteiger partial charge in [0.15, 0.2) is 0 Å². The molecule has 0 aromatic heterocycles. The van der Waals surface area contributed by atoms with Crippen LogP contribution >= 0.6 is 0 Å². The quantitative estimate of drug-likeness (QED) is 0.416. The Labute approximate surface area is 188 Å². The van der Waals surface area contributed by atoms with Crippen LogP contribution in [0.25, 0.3) is 0 Å². The number of carbonyl (C=O) groups excluding carboxylic acids is 1. The summed E-state index contributed by atoms with van der Waals surface area (Å²) in [6.45, 7) is 15.4. The molecule has 4 nitrogen and oxygen atoms in total. The number of fused-ring (bicyclic) bond motifs is 4. The van der Waals surface area contributed by atoms with Crippen molar-refractivity contribution < 1.29 is 19.4 Å². The lowest BCUT2D eigenvalue weighted by molar-refractivity contribution is -0.167. The van der Waals surface area contributed by atoms with Crippen molar-refractivity contribution in [3.63, 3.8) is 0 Å². The zero-order valence-electron chi connectivity index (χ0n) is 20.6. The summed E-state index contributed by atoms with van der Waals surface area (Å²) >= 11 is 0. The smallest absolute Gasteiger partial charge is 0.306 e. The molecule has 4 aliphatic carbocycles. The lowest BCUT2D eigenvalue weighted by Crippen LogP contribution is -2.55. The molecule has 31 heavy (non-hydrogen) atoms. The van der Waals surface area contributed by atoms with Gasteiger partial charge in [0.1, 0.15) is 6.10 Å². The van der Waals surface area contributed by atoms with Crippen molar-refractivity contribution in [3.05, 3.63) is 11.1 Å². The van der Waals surface area contributed by atoms with Crippen LogP contribution in [0.4, 0.5) is 0 Å². The number of allylic oxidation sites excluding steroid dienone is 2. The predicted octanol–water partition coefficient (Wildman–Crippen LogP) is 6.39. The molecule has 0 radical (unpaired) electrons. The van der Waals surface area contributed by atoms with E-state index >= 15 is 0 Å². The van der Waals surface area contributed by atoms with Crippen LogP contribution in [0.15, 0.2) is 11.1 Å². The molecule has 0 aromatic rings. The first-order chi connectivity index (χ1) is 14.3. The number of carboxylic acid groups (broad SMARTS) is 1. The fraction of sp³-hybridized carbons (Fsp3) is 0.852. The third kappa shape index (κ3) is 2.99. The minimum atomic E-state index is -0.642. The normalized spacial score (nSPS) is 44.7. The molecule has 4 rings (SSSR count). The highest BCUT2D eigenvalue weighted by atomic mass is 16.5. The highest BCUT2D eigenvalue weighted by molar-refractivity contribution is 5.70. The zero-order chi connectivity index (χ0) is 23.0. The maximum atomic E-state index is 11.9. The number of ether oxygens (including phenoxy) is 1. The van der Waals surface area contributed by atoms with Crippen LogP contribution in [-0.4, -0.2) is 23.1 Å². The van der Waals surface area contributed by atoms with E-state index in [0.29, 0.717) is 5.92 Å². The fourth-order valence-corrected chi connectivity index (χ4v) is 9.09. The molecule has 4 aliphatic rings. The van der Waals surface area contributed by atoms with E-state index < -0.39 is 5.97 Å². The highest BCUT2D eigenvalue weighted by Gasteiger charge is 2.64. The van der Waals surface area contributed by atoms with Gasteiger partial charge in [0, 0.05) is 12.3 Å². The second-order valence-electron chi connectivity index (χ2n) is 12.4. The average molecular weight is 431 g/mol. The summed E-state index contributed by atoms with van der Waals surface area (Å²) in [5, 5.41) is 9.76. The Kier molecular flexibility index (Phi) is 5.23. The second kappa shape index (κ2) is 7.09. The number of carbonyl (C=O) groups is 2. The van der Waals surface area contributed by atoms with Gasteiger partial charge in [-0.15, -0.1) is 0 Å². The second-order valence-corrected chi connectivity index (χ2v) is 12.4. The van der Waals surface area contributed by atoms with Crippen LogP contribution in [0.1, 0.15) is 99.8 Å². The van der Waals surface area contributed by atoms with E-state index in [1.165, 1.54) is 6.92 Å². The molecule has 1 N–H and O–H groups in total. The van der Waals surface area contributed by atoms with Gasteiger partial charge in [-0.2, -0.15) is 0 Å². The van der Waals surface area contributed by atoms with Crippen LogP contribution in [0.2, 0.25) is 0 Å². The monoisotopic (exact) mass is 430 g/mol. The molecule has 0 amide bonds. The number of esters is 1. The Morgan fingerprint density at radius 1 is 0.968 bits per heavy atom. The van der Waals surface area contributed by atoms with E-state index in [1.54, 1.807) is 11.1 Å². The molecule has 0 aliphatic heterocycles. The van der Waals surface area contributed by atoms with Gasteiger partial charge < -0.3 is 9.84 Å². The maximum absolute atomic E-state index is 11.9. The summed E-state index contributed by atoms with van der Waals surface area (Å²) in [7, 11) is 0. The predicted molar refractivity (Wildman–Crippen MR) is 121 cm³/mol. The van der Waals surface area contributed by atoms with E-state index in [-0.39, 0.29) is 45.6 Å². The van der Waals surface area contributed by atoms with Gasteiger partial charge in [0.25, 0.3) is 0 Å². The first kappa shape index (κ1) is 22.9. The van der Waals surface area contributed by atoms with E-state index in [0.717, 1.165) is 51.4 Å². The lowest BCUT2D eigenvalue weighted by atomic mass is 9.43. The summed E-state index contributed by atoms with van der Waals surface area (Å²) in [6.07, 6.45) is 8.62. The van der Waals surface area contributed by atoms with Crippen LogP contribution in [0.3, 0.4) is 0 Å². The molecule has 174 valence electrons. The SMILES string of the molecule is CC(=O)OC1CC[C@]2(C)C3=C(CCC2C1(C)C)[C@]1(C)CCC(C(C)C(=O)O)[C@@]1(C)CC3. The summed E-state index contributed by atoms with van der Waals surface area (Å²) in [6, 6.07) is 0. The molecular weight excluding hydrogens is 388 g/mol. The minimum absolute atomic E-state index is 0.00180. The van der Waals surface area contributed by atoms with Gasteiger partial charge >= 0.3 is 11.9 Å². The van der Waals surface area contributed by atoms with Crippen LogP contribution in [0.5, 0.6) is 0 Å². The standard InChI is InChI=1S/C27H42O4/c1-16(23(29)30)18-10-14-27(7)20-8-9-21-24(3,4)22(31-17(2)28)12-13-25(21,5)19(20)11-15-26(18,27)6/h16,18,21-22H,8-15H2,1-7H3,(H,29,30)/t16?,18?,21?,22?,25-,26-,27+/m1/s1. The minimum Gasteiger partial charge on any atom is -0.481 e. The number of rotatable bonds is 3. The first-order valence-corrected chi connectivity index (χ1v) is 12.4. The van der Waals surface area contributed by atoms with Gasteiger partial charge in [-0.05, 0) is 79.4 Å². The number of hydrogen-bond acceptors (Lipinski definition) is 3. The van der Waals surface area contributed by atoms with Gasteiger partial charge in [0.2, 0.25) is 0 Å². The van der Waals surface area contributed by atoms with E-state index in [4.69, 9.17) is 4.74 Å². The van der Waals surface area contributed by atoms with E-state index in [9.17, 15) is 14.7 Å². The van der Waals surface area contributed by atoms with Crippen molar-refractivity contribution in [2.24, 2.45) is 39.4 Å². The molecule has 0 bridgehead atoms. The Morgan fingerprint density at radius 2 is 1.65 bits per heavy atom. The van der Waals surface area contributed by atoms with Crippen molar-refractivity contribution >= 4 is 11.9 Å². The molecule has 4 unspecified atom stereocenters. The summed E-state index contributed by atoms with van der Waals surface area (Å²) < 4.78 is 5.79. The third-order valence-corrected chi connectivity index (χ3v) is 11.1. The van der Waals surface area contributed by atoms with Crippen molar-refractivity contribution in [1.82, 2.24) is 0 Å². The van der Waals surface area contributed by atoms with Gasteiger partial charge in [-0.3, -0.25) is 9.59 Å². The molecule has 7 atom stereocenters. The number of hydrogen-bond donors (Lipinski definition) is 1. The van der Waals surface area contributed by atoms with Crippen molar-refractivity contribution in [2.45, 2.75) is 106 Å². The van der Waals surface area contributed by atoms with E-state index in [1.807, 2.05) is 6.92 Å². The Bertz CT molecular complexity index is 825. The molecule has 0 aromatic carbocycles. The maximum Gasteiger partial charge on any atom is 0.306 e. The van der Waals surface area contributed by atoms with E-state index in [2.05, 4.69) is 34.6 Å². The van der Waals surface area contributed by atoms with Gasteiger partial charge in [0.05, 0.1) is 5.92 Å².